The van der Waals surface area contributed by atoms with Crippen LogP contribution in [0.2, 0.25) is 0 Å². The maximum atomic E-state index is 11.6. The number of likely N-dealkylation sites (tertiary alicyclic amines) is 1. The minimum Gasteiger partial charge on any atom is -0.449 e. The lowest BCUT2D eigenvalue weighted by Gasteiger charge is -2.29. The van der Waals surface area contributed by atoms with Gasteiger partial charge in [-0.2, -0.15) is 0 Å². The first kappa shape index (κ1) is 12.8. The molecule has 88 valence electrons. The molecule has 1 fully saturated rings. The number of carbonyl (C=O) groups excluding carboxylic acids is 1. The van der Waals surface area contributed by atoms with Gasteiger partial charge in [0.05, 0.1) is 6.61 Å². The van der Waals surface area contributed by atoms with E-state index in [-0.39, 0.29) is 6.09 Å². The molecular weight excluding hydrogens is 258 g/mol. The number of rotatable bonds is 3. The molecule has 0 radical (unpaired) electrons. The molecule has 4 heteroatoms. The predicted octanol–water partition coefficient (Wildman–Crippen LogP) is 2.89. The number of hydrogen-bond acceptors (Lipinski definition) is 2. The largest absolute Gasteiger partial charge is 0.449 e. The number of halogens is 1. The molecule has 1 rings (SSSR count). The fourth-order valence-corrected chi connectivity index (χ4v) is 1.73. The first-order chi connectivity index (χ1) is 7.13. The van der Waals surface area contributed by atoms with Crippen molar-refractivity contribution in [3.05, 3.63) is 0 Å². The molecule has 1 unspecified atom stereocenters. The quantitative estimate of drug-likeness (QED) is 0.743. The molecule has 0 aliphatic carbocycles. The summed E-state index contributed by atoms with van der Waals surface area (Å²) >= 11 is 3.36. The molecule has 1 aliphatic rings. The van der Waals surface area contributed by atoms with Gasteiger partial charge in [-0.15, -0.1) is 0 Å². The number of amides is 1. The summed E-state index contributed by atoms with van der Waals surface area (Å²) < 4.78 is 5.23. The van der Waals surface area contributed by atoms with Crippen LogP contribution in [0.25, 0.3) is 0 Å². The SMILES string of the molecule is CC1CCN(C(=O)OCC(C)CBr)CC1. The summed E-state index contributed by atoms with van der Waals surface area (Å²) in [6.45, 7) is 6.50. The third kappa shape index (κ3) is 4.41. The second kappa shape index (κ2) is 6.36. The molecule has 3 nitrogen and oxygen atoms in total. The summed E-state index contributed by atoms with van der Waals surface area (Å²) in [5, 5.41) is 0.872. The second-order valence-corrected chi connectivity index (χ2v) is 5.15. The minimum atomic E-state index is -0.144. The van der Waals surface area contributed by atoms with E-state index in [1.807, 2.05) is 4.90 Å². The molecule has 0 aromatic rings. The Hall–Kier alpha value is -0.250. The third-order valence-corrected chi connectivity index (χ3v) is 3.90. The Labute approximate surface area is 100 Å². The van der Waals surface area contributed by atoms with Crippen LogP contribution in [0.1, 0.15) is 26.7 Å². The zero-order chi connectivity index (χ0) is 11.3. The maximum absolute atomic E-state index is 11.6. The lowest BCUT2D eigenvalue weighted by atomic mass is 10.00. The number of alkyl halides is 1. The Bertz CT molecular complexity index is 203. The van der Waals surface area contributed by atoms with Gasteiger partial charge >= 0.3 is 6.09 Å². The number of hydrogen-bond donors (Lipinski definition) is 0. The molecule has 15 heavy (non-hydrogen) atoms. The second-order valence-electron chi connectivity index (χ2n) is 4.51. The van der Waals surface area contributed by atoms with Crippen LogP contribution in [0, 0.1) is 11.8 Å². The van der Waals surface area contributed by atoms with Gasteiger partial charge in [0.2, 0.25) is 0 Å². The molecule has 0 N–H and O–H groups in total. The van der Waals surface area contributed by atoms with Crippen molar-refractivity contribution >= 4 is 22.0 Å². The molecule has 0 bridgehead atoms. The van der Waals surface area contributed by atoms with Crippen LogP contribution in [-0.4, -0.2) is 36.0 Å². The van der Waals surface area contributed by atoms with Gasteiger partial charge in [0, 0.05) is 24.3 Å². The average Bonchev–Trinajstić information content (AvgIpc) is 2.26. The van der Waals surface area contributed by atoms with E-state index < -0.39 is 0 Å². The lowest BCUT2D eigenvalue weighted by Crippen LogP contribution is -2.38. The van der Waals surface area contributed by atoms with Crippen LogP contribution in [0.4, 0.5) is 4.79 Å². The zero-order valence-corrected chi connectivity index (χ0v) is 11.1. The van der Waals surface area contributed by atoms with Crippen molar-refractivity contribution in [1.29, 1.82) is 0 Å². The molecule has 1 heterocycles. The van der Waals surface area contributed by atoms with Gasteiger partial charge in [-0.1, -0.05) is 29.8 Å². The van der Waals surface area contributed by atoms with Crippen molar-refractivity contribution in [2.24, 2.45) is 11.8 Å². The van der Waals surface area contributed by atoms with Crippen LogP contribution < -0.4 is 0 Å². The summed E-state index contributed by atoms with van der Waals surface area (Å²) in [6.07, 6.45) is 2.06. The fraction of sp³-hybridized carbons (Fsp3) is 0.909. The molecular formula is C11H20BrNO2. The Morgan fingerprint density at radius 1 is 1.53 bits per heavy atom. The van der Waals surface area contributed by atoms with Gasteiger partial charge < -0.3 is 9.64 Å². The highest BCUT2D eigenvalue weighted by Crippen LogP contribution is 2.16. The van der Waals surface area contributed by atoms with Crippen LogP contribution in [0.15, 0.2) is 0 Å². The van der Waals surface area contributed by atoms with Gasteiger partial charge in [0.1, 0.15) is 0 Å². The zero-order valence-electron chi connectivity index (χ0n) is 9.54. The van der Waals surface area contributed by atoms with E-state index in [1.165, 1.54) is 0 Å². The predicted molar refractivity (Wildman–Crippen MR) is 64.3 cm³/mol. The van der Waals surface area contributed by atoms with Crippen LogP contribution >= 0.6 is 15.9 Å². The van der Waals surface area contributed by atoms with E-state index in [4.69, 9.17) is 4.74 Å². The Morgan fingerprint density at radius 2 is 2.13 bits per heavy atom. The molecule has 0 spiro atoms. The van der Waals surface area contributed by atoms with E-state index in [2.05, 4.69) is 29.8 Å². The molecule has 1 saturated heterocycles. The van der Waals surface area contributed by atoms with Crippen molar-refractivity contribution in [2.75, 3.05) is 25.0 Å². The number of carbonyl (C=O) groups is 1. The van der Waals surface area contributed by atoms with Crippen molar-refractivity contribution in [3.8, 4) is 0 Å². The smallest absolute Gasteiger partial charge is 0.409 e. The lowest BCUT2D eigenvalue weighted by molar-refractivity contribution is 0.0809. The highest BCUT2D eigenvalue weighted by Gasteiger charge is 2.21. The van der Waals surface area contributed by atoms with Gasteiger partial charge in [0.15, 0.2) is 0 Å². The van der Waals surface area contributed by atoms with E-state index in [9.17, 15) is 4.79 Å². The van der Waals surface area contributed by atoms with Gasteiger partial charge in [-0.25, -0.2) is 4.79 Å². The topological polar surface area (TPSA) is 29.5 Å². The third-order valence-electron chi connectivity index (χ3n) is 2.80. The standard InChI is InChI=1S/C11H20BrNO2/c1-9-3-5-13(6-4-9)11(14)15-8-10(2)7-12/h9-10H,3-8H2,1-2H3. The van der Waals surface area contributed by atoms with Crippen molar-refractivity contribution in [1.82, 2.24) is 4.90 Å². The Balaban J connectivity index is 2.22. The number of ether oxygens (including phenoxy) is 1. The maximum Gasteiger partial charge on any atom is 0.409 e. The van der Waals surface area contributed by atoms with Crippen molar-refractivity contribution in [2.45, 2.75) is 26.7 Å². The molecule has 0 aromatic carbocycles. The fourth-order valence-electron chi connectivity index (χ4n) is 1.54. The molecule has 1 amide bonds. The Morgan fingerprint density at radius 3 is 2.67 bits per heavy atom. The molecule has 0 saturated carbocycles. The Kier molecular flexibility index (Phi) is 5.43. The molecule has 0 aromatic heterocycles. The van der Waals surface area contributed by atoms with Gasteiger partial charge in [-0.3, -0.25) is 0 Å². The number of piperidine rings is 1. The minimum absolute atomic E-state index is 0.144. The van der Waals surface area contributed by atoms with E-state index in [0.717, 1.165) is 37.2 Å². The monoisotopic (exact) mass is 277 g/mol. The van der Waals surface area contributed by atoms with Crippen molar-refractivity contribution in [3.63, 3.8) is 0 Å². The summed E-state index contributed by atoms with van der Waals surface area (Å²) in [5.74, 6) is 1.13. The molecule has 1 aliphatic heterocycles. The highest BCUT2D eigenvalue weighted by molar-refractivity contribution is 9.09. The van der Waals surface area contributed by atoms with Gasteiger partial charge in [0.25, 0.3) is 0 Å². The summed E-state index contributed by atoms with van der Waals surface area (Å²) in [5.41, 5.74) is 0. The average molecular weight is 278 g/mol. The van der Waals surface area contributed by atoms with E-state index in [1.54, 1.807) is 0 Å². The number of nitrogens with zero attached hydrogens (tertiary/aromatic N) is 1. The summed E-state index contributed by atoms with van der Waals surface area (Å²) in [7, 11) is 0. The van der Waals surface area contributed by atoms with Crippen LogP contribution in [0.5, 0.6) is 0 Å². The van der Waals surface area contributed by atoms with Crippen LogP contribution in [0.3, 0.4) is 0 Å². The molecule has 1 atom stereocenters. The van der Waals surface area contributed by atoms with Crippen LogP contribution in [-0.2, 0) is 4.74 Å². The first-order valence-corrected chi connectivity index (χ1v) is 6.73. The summed E-state index contributed by atoms with van der Waals surface area (Å²) in [6, 6.07) is 0. The summed E-state index contributed by atoms with van der Waals surface area (Å²) in [4.78, 5) is 13.4. The van der Waals surface area contributed by atoms with Crippen molar-refractivity contribution < 1.29 is 9.53 Å². The normalized spacial score (nSPS) is 20.1. The van der Waals surface area contributed by atoms with E-state index >= 15 is 0 Å². The first-order valence-electron chi connectivity index (χ1n) is 5.61. The highest BCUT2D eigenvalue weighted by atomic mass is 79.9. The van der Waals surface area contributed by atoms with E-state index in [0.29, 0.717) is 12.5 Å². The van der Waals surface area contributed by atoms with Gasteiger partial charge in [-0.05, 0) is 18.8 Å².